The lowest BCUT2D eigenvalue weighted by Crippen LogP contribution is -2.31. The van der Waals surface area contributed by atoms with Gasteiger partial charge in [0.05, 0.1) is 11.8 Å². The van der Waals surface area contributed by atoms with Crippen molar-refractivity contribution in [3.63, 3.8) is 0 Å². The summed E-state index contributed by atoms with van der Waals surface area (Å²) in [5.74, 6) is -2.75. The molecule has 8 nitrogen and oxygen atoms in total. The van der Waals surface area contributed by atoms with E-state index in [0.29, 0.717) is 12.8 Å². The first-order chi connectivity index (χ1) is 18.3. The molecule has 0 aliphatic rings. The van der Waals surface area contributed by atoms with Crippen LogP contribution in [0.4, 0.5) is 0 Å². The Morgan fingerprint density at radius 3 is 1.36 bits per heavy atom. The largest absolute Gasteiger partial charge is 0.461 e. The maximum atomic E-state index is 13.3. The lowest BCUT2D eigenvalue weighted by Gasteiger charge is -2.35. The highest BCUT2D eigenvalue weighted by Crippen LogP contribution is 2.56. The highest BCUT2D eigenvalue weighted by atomic mass is 31.2. The fourth-order valence-electron chi connectivity index (χ4n) is 4.67. The molecule has 0 aliphatic heterocycles. The van der Waals surface area contributed by atoms with Crippen LogP contribution in [0.15, 0.2) is 60.7 Å². The SMILES string of the molecule is CCC(CC)(CP(=O)(O)CC(C)C(=O)OCc1ccccc1)CP(=O)(O)CC(C)C(=O)OCc1ccccc1. The van der Waals surface area contributed by atoms with E-state index in [2.05, 4.69) is 0 Å². The van der Waals surface area contributed by atoms with Crippen LogP contribution in [-0.2, 0) is 41.4 Å². The second-order valence-electron chi connectivity index (χ2n) is 10.6. The maximum Gasteiger partial charge on any atom is 0.309 e. The molecule has 0 aromatic heterocycles. The van der Waals surface area contributed by atoms with Crippen LogP contribution in [0.5, 0.6) is 0 Å². The van der Waals surface area contributed by atoms with Crippen molar-refractivity contribution in [1.29, 1.82) is 0 Å². The molecule has 10 heteroatoms. The first kappa shape index (κ1) is 33.0. The standard InChI is InChI=1S/C29H42O8P2/c1-5-29(6-2,21-38(32,33)19-23(3)27(30)36-17-25-13-9-7-10-14-25)22-39(34,35)20-24(4)28(31)37-18-26-15-11-8-12-16-26/h7-16,23-24H,5-6,17-22H2,1-4H3,(H,32,33)(H,34,35). The molecule has 216 valence electrons. The summed E-state index contributed by atoms with van der Waals surface area (Å²) < 4.78 is 37.2. The number of carbonyl (C=O) groups is 2. The first-order valence-corrected chi connectivity index (χ1v) is 17.4. The normalized spacial score (nSPS) is 16.4. The summed E-state index contributed by atoms with van der Waals surface area (Å²) in [7, 11) is -7.72. The molecule has 0 bridgehead atoms. The molecular weight excluding hydrogens is 538 g/mol. The lowest BCUT2D eigenvalue weighted by atomic mass is 9.87. The summed E-state index contributed by atoms with van der Waals surface area (Å²) in [6, 6.07) is 18.3. The molecular formula is C29H42O8P2. The van der Waals surface area contributed by atoms with Crippen molar-refractivity contribution in [3.05, 3.63) is 71.8 Å². The average molecular weight is 581 g/mol. The van der Waals surface area contributed by atoms with Gasteiger partial charge in [-0.15, -0.1) is 0 Å². The number of carbonyl (C=O) groups excluding carboxylic acids is 2. The van der Waals surface area contributed by atoms with Crippen molar-refractivity contribution in [2.45, 2.75) is 53.8 Å². The minimum Gasteiger partial charge on any atom is -0.461 e. The van der Waals surface area contributed by atoms with Gasteiger partial charge in [-0.1, -0.05) is 88.4 Å². The van der Waals surface area contributed by atoms with Crippen LogP contribution in [0, 0.1) is 17.3 Å². The Morgan fingerprint density at radius 2 is 1.05 bits per heavy atom. The number of hydrogen-bond donors (Lipinski definition) is 2. The summed E-state index contributed by atoms with van der Waals surface area (Å²) >= 11 is 0. The molecule has 0 heterocycles. The van der Waals surface area contributed by atoms with Gasteiger partial charge in [-0.05, 0) is 29.4 Å². The number of esters is 2. The van der Waals surface area contributed by atoms with E-state index >= 15 is 0 Å². The van der Waals surface area contributed by atoms with Crippen LogP contribution in [0.2, 0.25) is 0 Å². The van der Waals surface area contributed by atoms with Crippen LogP contribution in [0.1, 0.15) is 51.7 Å². The number of ether oxygens (including phenoxy) is 2. The van der Waals surface area contributed by atoms with Gasteiger partial charge >= 0.3 is 11.9 Å². The van der Waals surface area contributed by atoms with Crippen molar-refractivity contribution < 1.29 is 38.0 Å². The molecule has 0 aliphatic carbocycles. The fourth-order valence-corrected chi connectivity index (χ4v) is 10.3. The molecule has 0 saturated carbocycles. The molecule has 0 radical (unpaired) electrons. The van der Waals surface area contributed by atoms with Gasteiger partial charge in [0, 0.05) is 24.6 Å². The van der Waals surface area contributed by atoms with E-state index in [-0.39, 0.29) is 37.9 Å². The minimum atomic E-state index is -3.86. The van der Waals surface area contributed by atoms with Gasteiger partial charge in [0.1, 0.15) is 13.2 Å². The van der Waals surface area contributed by atoms with E-state index < -0.39 is 43.9 Å². The predicted octanol–water partition coefficient (Wildman–Crippen LogP) is 6.09. The van der Waals surface area contributed by atoms with Crippen molar-refractivity contribution >= 4 is 26.7 Å². The highest BCUT2D eigenvalue weighted by Gasteiger charge is 2.42. The molecule has 0 saturated heterocycles. The van der Waals surface area contributed by atoms with Gasteiger partial charge in [0.25, 0.3) is 0 Å². The Balaban J connectivity index is 1.97. The fraction of sp³-hybridized carbons (Fsp3) is 0.517. The van der Waals surface area contributed by atoms with Gasteiger partial charge in [0.15, 0.2) is 0 Å². The molecule has 0 fully saturated rings. The predicted molar refractivity (Wildman–Crippen MR) is 153 cm³/mol. The van der Waals surface area contributed by atoms with Crippen molar-refractivity contribution in [2.24, 2.45) is 17.3 Å². The van der Waals surface area contributed by atoms with E-state index in [9.17, 15) is 28.5 Å². The van der Waals surface area contributed by atoms with Crippen LogP contribution in [0.25, 0.3) is 0 Å². The van der Waals surface area contributed by atoms with Crippen LogP contribution in [0.3, 0.4) is 0 Å². The third kappa shape index (κ3) is 11.4. The van der Waals surface area contributed by atoms with E-state index in [1.54, 1.807) is 13.8 Å². The summed E-state index contributed by atoms with van der Waals surface area (Å²) in [5, 5.41) is 0. The van der Waals surface area contributed by atoms with Crippen molar-refractivity contribution in [1.82, 2.24) is 0 Å². The van der Waals surface area contributed by atoms with Gasteiger partial charge < -0.3 is 19.3 Å². The Labute approximate surface area is 232 Å². The van der Waals surface area contributed by atoms with Gasteiger partial charge in [0.2, 0.25) is 14.7 Å². The summed E-state index contributed by atoms with van der Waals surface area (Å²) in [6.07, 6.45) is -0.140. The summed E-state index contributed by atoms with van der Waals surface area (Å²) in [6.45, 7) is 6.89. The zero-order chi connectivity index (χ0) is 29.1. The second kappa shape index (κ2) is 14.9. The van der Waals surface area contributed by atoms with Crippen LogP contribution in [-0.4, -0.2) is 46.4 Å². The Bertz CT molecular complexity index is 1060. The minimum absolute atomic E-state index is 0.0766. The van der Waals surface area contributed by atoms with Gasteiger partial charge in [-0.25, -0.2) is 0 Å². The smallest absolute Gasteiger partial charge is 0.309 e. The summed E-state index contributed by atoms with van der Waals surface area (Å²) in [5.41, 5.74) is 0.742. The van der Waals surface area contributed by atoms with Crippen molar-refractivity contribution in [3.8, 4) is 0 Å². The van der Waals surface area contributed by atoms with Crippen LogP contribution < -0.4 is 0 Å². The zero-order valence-corrected chi connectivity index (χ0v) is 25.1. The van der Waals surface area contributed by atoms with E-state index in [0.717, 1.165) is 11.1 Å². The second-order valence-corrected chi connectivity index (χ2v) is 15.3. The highest BCUT2D eigenvalue weighted by molar-refractivity contribution is 7.59. The molecule has 2 N–H and O–H groups in total. The van der Waals surface area contributed by atoms with Crippen molar-refractivity contribution in [2.75, 3.05) is 24.6 Å². The molecule has 4 unspecified atom stereocenters. The number of rotatable bonds is 16. The van der Waals surface area contributed by atoms with Gasteiger partial charge in [-0.3, -0.25) is 18.7 Å². The number of benzene rings is 2. The summed E-state index contributed by atoms with van der Waals surface area (Å²) in [4.78, 5) is 46.7. The Kier molecular flexibility index (Phi) is 12.6. The molecule has 4 atom stereocenters. The third-order valence-electron chi connectivity index (χ3n) is 7.04. The monoisotopic (exact) mass is 580 g/mol. The van der Waals surface area contributed by atoms with E-state index in [1.165, 1.54) is 0 Å². The maximum absolute atomic E-state index is 13.3. The van der Waals surface area contributed by atoms with E-state index in [4.69, 9.17) is 9.47 Å². The molecule has 2 aromatic carbocycles. The zero-order valence-electron chi connectivity index (χ0n) is 23.3. The molecule has 0 spiro atoms. The third-order valence-corrected chi connectivity index (χ3v) is 11.6. The Hall–Kier alpha value is -2.24. The van der Waals surface area contributed by atoms with Crippen LogP contribution >= 0.6 is 14.7 Å². The topological polar surface area (TPSA) is 127 Å². The molecule has 0 amide bonds. The molecule has 2 rings (SSSR count). The average Bonchev–Trinajstić information content (AvgIpc) is 2.90. The quantitative estimate of drug-likeness (QED) is 0.180. The van der Waals surface area contributed by atoms with E-state index in [1.807, 2.05) is 74.5 Å². The molecule has 2 aromatic rings. The molecule has 39 heavy (non-hydrogen) atoms. The first-order valence-electron chi connectivity index (χ1n) is 13.3. The number of hydrogen-bond acceptors (Lipinski definition) is 6. The van der Waals surface area contributed by atoms with Gasteiger partial charge in [-0.2, -0.15) is 0 Å². The lowest BCUT2D eigenvalue weighted by molar-refractivity contribution is -0.149. The Morgan fingerprint density at radius 1 is 0.718 bits per heavy atom.